The monoisotopic (exact) mass is 478 g/mol. The molecule has 2 N–H and O–H groups in total. The average molecular weight is 479 g/mol. The lowest BCUT2D eigenvalue weighted by Gasteiger charge is -2.05. The highest BCUT2D eigenvalue weighted by molar-refractivity contribution is 9.10. The van der Waals surface area contributed by atoms with E-state index >= 15 is 0 Å². The molecule has 0 fully saturated rings. The second-order valence-electron chi connectivity index (χ2n) is 5.40. The molecule has 0 aliphatic rings. The molecular weight excluding hydrogens is 464 g/mol. The van der Waals surface area contributed by atoms with E-state index in [0.29, 0.717) is 20.7 Å². The smallest absolute Gasteiger partial charge is 0.257 e. The number of amides is 2. The molecule has 0 aliphatic carbocycles. The summed E-state index contributed by atoms with van der Waals surface area (Å²) in [5.41, 5.74) is 1.20. The van der Waals surface area contributed by atoms with Crippen LogP contribution in [0.5, 0.6) is 5.75 Å². The first-order valence-corrected chi connectivity index (χ1v) is 10.6. The Morgan fingerprint density at radius 3 is 2.64 bits per heavy atom. The Labute approximate surface area is 178 Å². The lowest BCUT2D eigenvalue weighted by Crippen LogP contribution is -2.13. The van der Waals surface area contributed by atoms with E-state index in [1.165, 1.54) is 23.1 Å². The summed E-state index contributed by atoms with van der Waals surface area (Å²) in [6.07, 6.45) is 0. The number of aromatic nitrogens is 2. The van der Waals surface area contributed by atoms with Crippen molar-refractivity contribution in [3.8, 4) is 5.75 Å². The van der Waals surface area contributed by atoms with Gasteiger partial charge in [-0.2, -0.15) is 0 Å². The number of carbonyl (C=O) groups is 2. The predicted molar refractivity (Wildman–Crippen MR) is 114 cm³/mol. The minimum atomic E-state index is -0.272. The first-order valence-electron chi connectivity index (χ1n) is 8.00. The normalized spacial score (nSPS) is 10.4. The number of carbonyl (C=O) groups excluding carboxylic acids is 2. The van der Waals surface area contributed by atoms with Crippen molar-refractivity contribution >= 4 is 61.7 Å². The summed E-state index contributed by atoms with van der Waals surface area (Å²) in [7, 11) is 1.59. The van der Waals surface area contributed by atoms with Gasteiger partial charge in [0.2, 0.25) is 11.0 Å². The van der Waals surface area contributed by atoms with E-state index < -0.39 is 0 Å². The second kappa shape index (κ2) is 9.67. The first kappa shape index (κ1) is 20.3. The van der Waals surface area contributed by atoms with Crippen LogP contribution in [-0.4, -0.2) is 34.9 Å². The molecule has 2 amide bonds. The summed E-state index contributed by atoms with van der Waals surface area (Å²) in [4.78, 5) is 24.3. The molecule has 10 heteroatoms. The van der Waals surface area contributed by atoms with Gasteiger partial charge in [-0.25, -0.2) is 0 Å². The van der Waals surface area contributed by atoms with Gasteiger partial charge in [-0.3, -0.25) is 14.9 Å². The molecule has 0 unspecified atom stereocenters. The SMILES string of the molecule is COc1ccc(NC(=O)CSc2nnc(NC(=O)c3cccc(Br)c3)s2)cc1. The Hall–Kier alpha value is -2.43. The maximum atomic E-state index is 12.2. The molecule has 7 nitrogen and oxygen atoms in total. The van der Waals surface area contributed by atoms with Crippen LogP contribution < -0.4 is 15.4 Å². The molecule has 1 aromatic heterocycles. The van der Waals surface area contributed by atoms with Crippen molar-refractivity contribution in [2.45, 2.75) is 4.34 Å². The van der Waals surface area contributed by atoms with E-state index in [-0.39, 0.29) is 17.6 Å². The minimum Gasteiger partial charge on any atom is -0.497 e. The Kier molecular flexibility index (Phi) is 7.01. The molecule has 3 aromatic rings. The van der Waals surface area contributed by atoms with E-state index in [0.717, 1.165) is 10.2 Å². The Morgan fingerprint density at radius 1 is 1.14 bits per heavy atom. The zero-order chi connectivity index (χ0) is 19.9. The number of hydrogen-bond donors (Lipinski definition) is 2. The van der Waals surface area contributed by atoms with Gasteiger partial charge in [0.05, 0.1) is 12.9 Å². The molecule has 0 bridgehead atoms. The number of hydrogen-bond acceptors (Lipinski definition) is 7. The quantitative estimate of drug-likeness (QED) is 0.388. The zero-order valence-corrected chi connectivity index (χ0v) is 17.9. The van der Waals surface area contributed by atoms with E-state index in [1.54, 1.807) is 49.6 Å². The molecule has 0 aliphatic heterocycles. The van der Waals surface area contributed by atoms with Gasteiger partial charge >= 0.3 is 0 Å². The van der Waals surface area contributed by atoms with Crippen molar-refractivity contribution in [3.63, 3.8) is 0 Å². The van der Waals surface area contributed by atoms with E-state index in [2.05, 4.69) is 36.8 Å². The summed E-state index contributed by atoms with van der Waals surface area (Å²) >= 11 is 5.80. The number of nitrogens with one attached hydrogen (secondary N) is 2. The number of ether oxygens (including phenoxy) is 1. The molecule has 2 aromatic carbocycles. The Bertz CT molecular complexity index is 979. The lowest BCUT2D eigenvalue weighted by atomic mass is 10.2. The molecule has 0 saturated heterocycles. The third-order valence-corrected chi connectivity index (χ3v) is 5.88. The summed E-state index contributed by atoms with van der Waals surface area (Å²) in [5.74, 6) is 0.468. The molecule has 0 spiro atoms. The average Bonchev–Trinajstić information content (AvgIpc) is 3.14. The van der Waals surface area contributed by atoms with Gasteiger partial charge in [0, 0.05) is 15.7 Å². The van der Waals surface area contributed by atoms with Crippen molar-refractivity contribution in [1.29, 1.82) is 0 Å². The van der Waals surface area contributed by atoms with Crippen molar-refractivity contribution in [1.82, 2.24) is 10.2 Å². The van der Waals surface area contributed by atoms with E-state index in [4.69, 9.17) is 4.74 Å². The number of rotatable bonds is 7. The zero-order valence-electron chi connectivity index (χ0n) is 14.6. The fourth-order valence-electron chi connectivity index (χ4n) is 2.12. The maximum Gasteiger partial charge on any atom is 0.257 e. The Balaban J connectivity index is 1.50. The van der Waals surface area contributed by atoms with Gasteiger partial charge in [0.15, 0.2) is 4.34 Å². The van der Waals surface area contributed by atoms with Crippen LogP contribution >= 0.6 is 39.0 Å². The lowest BCUT2D eigenvalue weighted by molar-refractivity contribution is -0.113. The van der Waals surface area contributed by atoms with Crippen molar-refractivity contribution in [2.75, 3.05) is 23.5 Å². The van der Waals surface area contributed by atoms with Gasteiger partial charge in [-0.05, 0) is 42.5 Å². The van der Waals surface area contributed by atoms with Crippen LogP contribution in [0.4, 0.5) is 10.8 Å². The number of anilines is 2. The van der Waals surface area contributed by atoms with Gasteiger partial charge in [-0.15, -0.1) is 10.2 Å². The number of benzene rings is 2. The summed E-state index contributed by atoms with van der Waals surface area (Å²) in [6.45, 7) is 0. The van der Waals surface area contributed by atoms with E-state index in [1.807, 2.05) is 6.07 Å². The maximum absolute atomic E-state index is 12.2. The number of halogens is 1. The van der Waals surface area contributed by atoms with Crippen LogP contribution in [-0.2, 0) is 4.79 Å². The third kappa shape index (κ3) is 5.78. The van der Waals surface area contributed by atoms with Gasteiger partial charge in [0.1, 0.15) is 5.75 Å². The summed E-state index contributed by atoms with van der Waals surface area (Å²) < 4.78 is 6.49. The van der Waals surface area contributed by atoms with Crippen LogP contribution in [0, 0.1) is 0 Å². The first-order chi connectivity index (χ1) is 13.5. The highest BCUT2D eigenvalue weighted by atomic mass is 79.9. The van der Waals surface area contributed by atoms with Crippen molar-refractivity contribution < 1.29 is 14.3 Å². The van der Waals surface area contributed by atoms with Crippen LogP contribution in [0.25, 0.3) is 0 Å². The largest absolute Gasteiger partial charge is 0.497 e. The van der Waals surface area contributed by atoms with E-state index in [9.17, 15) is 9.59 Å². The van der Waals surface area contributed by atoms with Gasteiger partial charge < -0.3 is 10.1 Å². The topological polar surface area (TPSA) is 93.2 Å². The van der Waals surface area contributed by atoms with Crippen LogP contribution in [0.3, 0.4) is 0 Å². The highest BCUT2D eigenvalue weighted by Crippen LogP contribution is 2.26. The fourth-order valence-corrected chi connectivity index (χ4v) is 4.06. The third-order valence-electron chi connectivity index (χ3n) is 3.41. The van der Waals surface area contributed by atoms with Crippen LogP contribution in [0.15, 0.2) is 57.3 Å². The second-order valence-corrected chi connectivity index (χ2v) is 8.52. The highest BCUT2D eigenvalue weighted by Gasteiger charge is 2.12. The molecule has 0 radical (unpaired) electrons. The number of thioether (sulfide) groups is 1. The van der Waals surface area contributed by atoms with Gasteiger partial charge in [0.25, 0.3) is 5.91 Å². The molecule has 144 valence electrons. The minimum absolute atomic E-state index is 0.162. The molecule has 0 atom stereocenters. The molecule has 28 heavy (non-hydrogen) atoms. The fraction of sp³-hybridized carbons (Fsp3) is 0.111. The van der Waals surface area contributed by atoms with Crippen molar-refractivity contribution in [3.05, 3.63) is 58.6 Å². The van der Waals surface area contributed by atoms with Gasteiger partial charge in [-0.1, -0.05) is 45.1 Å². The molecule has 0 saturated carbocycles. The van der Waals surface area contributed by atoms with Crippen LogP contribution in [0.1, 0.15) is 10.4 Å². The molecule has 1 heterocycles. The van der Waals surface area contributed by atoms with Crippen LogP contribution in [0.2, 0.25) is 0 Å². The van der Waals surface area contributed by atoms with Crippen molar-refractivity contribution in [2.24, 2.45) is 0 Å². The predicted octanol–water partition coefficient (Wildman–Crippen LogP) is 4.29. The summed E-state index contributed by atoms with van der Waals surface area (Å²) in [5, 5.41) is 13.8. The number of methoxy groups -OCH3 is 1. The number of nitrogens with zero attached hydrogens (tertiary/aromatic N) is 2. The Morgan fingerprint density at radius 2 is 1.93 bits per heavy atom. The standard InChI is InChI=1S/C18H15BrN4O3S2/c1-26-14-7-5-13(6-8-14)20-15(24)10-27-18-23-22-17(28-18)21-16(25)11-3-2-4-12(19)9-11/h2-9H,10H2,1H3,(H,20,24)(H,21,22,25). The summed E-state index contributed by atoms with van der Waals surface area (Å²) in [6, 6.07) is 14.1. The molecule has 3 rings (SSSR count). The molecular formula is C18H15BrN4O3S2.